The summed E-state index contributed by atoms with van der Waals surface area (Å²) in [6, 6.07) is 0.149. The lowest BCUT2D eigenvalue weighted by molar-refractivity contribution is -0.782. The van der Waals surface area contributed by atoms with Crippen molar-refractivity contribution in [1.29, 1.82) is 0 Å². The van der Waals surface area contributed by atoms with Crippen molar-refractivity contribution in [3.63, 3.8) is 0 Å². The number of methoxy groups -OCH3 is 1. The van der Waals surface area contributed by atoms with Gasteiger partial charge in [-0.2, -0.15) is 4.98 Å². The Morgan fingerprint density at radius 3 is 3.25 bits per heavy atom. The highest BCUT2D eigenvalue weighted by molar-refractivity contribution is 5.63. The first-order valence-corrected chi connectivity index (χ1v) is 3.08. The number of hydrogen-bond donors (Lipinski definition) is 0. The standard InChI is InChI=1S/C5H4N4O3/c1-11-5-6-2-3-4(7-5)8-12-9(3)10/h2H,1H3. The van der Waals surface area contributed by atoms with Gasteiger partial charge >= 0.3 is 11.7 Å². The molecule has 0 aliphatic rings. The van der Waals surface area contributed by atoms with E-state index in [9.17, 15) is 5.21 Å². The summed E-state index contributed by atoms with van der Waals surface area (Å²) in [4.78, 5) is 7.69. The van der Waals surface area contributed by atoms with Crippen LogP contribution in [0.5, 0.6) is 6.01 Å². The average molecular weight is 168 g/mol. The van der Waals surface area contributed by atoms with Crippen LogP contribution in [0, 0.1) is 5.21 Å². The van der Waals surface area contributed by atoms with E-state index < -0.39 is 0 Å². The van der Waals surface area contributed by atoms with Crippen LogP contribution < -0.4 is 9.64 Å². The van der Waals surface area contributed by atoms with Gasteiger partial charge in [0.1, 0.15) is 0 Å². The smallest absolute Gasteiger partial charge is 0.346 e. The third kappa shape index (κ3) is 0.831. The van der Waals surface area contributed by atoms with Crippen LogP contribution >= 0.6 is 0 Å². The van der Waals surface area contributed by atoms with Crippen LogP contribution in [0.25, 0.3) is 11.2 Å². The molecule has 0 N–H and O–H groups in total. The monoisotopic (exact) mass is 168 g/mol. The summed E-state index contributed by atoms with van der Waals surface area (Å²) in [5.41, 5.74) is 0.354. The van der Waals surface area contributed by atoms with E-state index in [0.29, 0.717) is 0 Å². The molecule has 0 amide bonds. The third-order valence-electron chi connectivity index (χ3n) is 1.31. The van der Waals surface area contributed by atoms with Gasteiger partial charge in [0.15, 0.2) is 0 Å². The van der Waals surface area contributed by atoms with E-state index >= 15 is 0 Å². The Hall–Kier alpha value is -1.92. The molecule has 0 saturated heterocycles. The Labute approximate surface area is 66.1 Å². The maximum Gasteiger partial charge on any atom is 0.346 e. The molecule has 7 nitrogen and oxygen atoms in total. The zero-order valence-electron chi connectivity index (χ0n) is 6.09. The highest BCUT2D eigenvalue weighted by atomic mass is 16.8. The molecule has 0 unspecified atom stereocenters. The van der Waals surface area contributed by atoms with Crippen LogP contribution in [-0.4, -0.2) is 22.2 Å². The summed E-state index contributed by atoms with van der Waals surface area (Å²) in [6.07, 6.45) is 1.28. The highest BCUT2D eigenvalue weighted by Gasteiger charge is 2.11. The molecule has 2 rings (SSSR count). The van der Waals surface area contributed by atoms with Gasteiger partial charge < -0.3 is 9.94 Å². The van der Waals surface area contributed by atoms with Crippen LogP contribution in [-0.2, 0) is 0 Å². The Kier molecular flexibility index (Phi) is 1.29. The van der Waals surface area contributed by atoms with E-state index in [2.05, 4.69) is 19.8 Å². The lowest BCUT2D eigenvalue weighted by atomic mass is 10.6. The van der Waals surface area contributed by atoms with Crippen LogP contribution in [0.2, 0.25) is 0 Å². The SMILES string of the molecule is COc1ncc2c(no[n+]2[O-])n1. The number of nitrogens with zero attached hydrogens (tertiary/aromatic N) is 4. The molecule has 2 heterocycles. The van der Waals surface area contributed by atoms with Crippen molar-refractivity contribution >= 4 is 11.2 Å². The molecule has 0 aliphatic heterocycles. The van der Waals surface area contributed by atoms with Crippen LogP contribution in [0.1, 0.15) is 0 Å². The van der Waals surface area contributed by atoms with E-state index in [1.807, 2.05) is 0 Å². The number of aromatic nitrogens is 4. The maximum atomic E-state index is 10.7. The fourth-order valence-corrected chi connectivity index (χ4v) is 0.765. The quantitative estimate of drug-likeness (QED) is 0.521. The van der Waals surface area contributed by atoms with Crippen molar-refractivity contribution in [3.05, 3.63) is 11.4 Å². The number of rotatable bonds is 1. The molecule has 0 spiro atoms. The molecule has 7 heteroatoms. The van der Waals surface area contributed by atoms with E-state index in [0.717, 1.165) is 0 Å². The zero-order valence-corrected chi connectivity index (χ0v) is 6.09. The van der Waals surface area contributed by atoms with Crippen molar-refractivity contribution < 1.29 is 14.3 Å². The summed E-state index contributed by atoms with van der Waals surface area (Å²) >= 11 is 0. The van der Waals surface area contributed by atoms with E-state index in [4.69, 9.17) is 4.74 Å². The first kappa shape index (κ1) is 6.77. The van der Waals surface area contributed by atoms with Crippen LogP contribution in [0.3, 0.4) is 0 Å². The molecule has 0 fully saturated rings. The molecular formula is C5H4N4O3. The van der Waals surface area contributed by atoms with Gasteiger partial charge in [-0.3, -0.25) is 4.63 Å². The summed E-state index contributed by atoms with van der Waals surface area (Å²) in [6.45, 7) is 0. The fraction of sp³-hybridized carbons (Fsp3) is 0.200. The van der Waals surface area contributed by atoms with Gasteiger partial charge in [0, 0.05) is 0 Å². The van der Waals surface area contributed by atoms with Crippen molar-refractivity contribution in [3.8, 4) is 6.01 Å². The molecule has 2 aromatic heterocycles. The van der Waals surface area contributed by atoms with Gasteiger partial charge in [0.25, 0.3) is 5.52 Å². The molecule has 12 heavy (non-hydrogen) atoms. The van der Waals surface area contributed by atoms with Gasteiger partial charge in [0.05, 0.1) is 18.5 Å². The van der Waals surface area contributed by atoms with E-state index in [1.54, 1.807) is 0 Å². The zero-order chi connectivity index (χ0) is 8.55. The van der Waals surface area contributed by atoms with Gasteiger partial charge in [-0.15, -0.1) is 4.98 Å². The summed E-state index contributed by atoms with van der Waals surface area (Å²) < 4.78 is 8.98. The van der Waals surface area contributed by atoms with E-state index in [1.165, 1.54) is 13.3 Å². The summed E-state index contributed by atoms with van der Waals surface area (Å²) in [7, 11) is 1.42. The molecule has 62 valence electrons. The first-order valence-electron chi connectivity index (χ1n) is 3.08. The van der Waals surface area contributed by atoms with Gasteiger partial charge in [-0.1, -0.05) is 0 Å². The fourth-order valence-electron chi connectivity index (χ4n) is 0.765. The van der Waals surface area contributed by atoms with Gasteiger partial charge in [0.2, 0.25) is 0 Å². The predicted molar refractivity (Wildman–Crippen MR) is 35.1 cm³/mol. The predicted octanol–water partition coefficient (Wildman–Crippen LogP) is -0.740. The van der Waals surface area contributed by atoms with Crippen molar-refractivity contribution in [1.82, 2.24) is 15.1 Å². The largest absolute Gasteiger partial charge is 0.467 e. The van der Waals surface area contributed by atoms with E-state index in [-0.39, 0.29) is 22.1 Å². The minimum atomic E-state index is 0.149. The minimum Gasteiger partial charge on any atom is -0.467 e. The second-order valence-corrected chi connectivity index (χ2v) is 2.00. The van der Waals surface area contributed by atoms with Gasteiger partial charge in [-0.05, 0) is 4.90 Å². The van der Waals surface area contributed by atoms with Crippen molar-refractivity contribution in [2.24, 2.45) is 0 Å². The van der Waals surface area contributed by atoms with Crippen molar-refractivity contribution in [2.45, 2.75) is 0 Å². The minimum absolute atomic E-state index is 0.149. The highest BCUT2D eigenvalue weighted by Crippen LogP contribution is 2.06. The molecule has 0 aliphatic carbocycles. The Balaban J connectivity index is 2.69. The molecule has 0 atom stereocenters. The topological polar surface area (TPSA) is 88.0 Å². The Morgan fingerprint density at radius 1 is 1.67 bits per heavy atom. The second-order valence-electron chi connectivity index (χ2n) is 2.00. The second kappa shape index (κ2) is 2.29. The molecule has 2 aromatic rings. The molecule has 0 bridgehead atoms. The Morgan fingerprint density at radius 2 is 2.50 bits per heavy atom. The third-order valence-corrected chi connectivity index (χ3v) is 1.31. The van der Waals surface area contributed by atoms with Crippen LogP contribution in [0.4, 0.5) is 0 Å². The van der Waals surface area contributed by atoms with Crippen molar-refractivity contribution in [2.75, 3.05) is 7.11 Å². The molecule has 0 saturated carbocycles. The molecule has 0 radical (unpaired) electrons. The normalized spacial score (nSPS) is 10.4. The number of hydrogen-bond acceptors (Lipinski definition) is 6. The number of fused-ring (bicyclic) bond motifs is 1. The molecule has 0 aromatic carbocycles. The molecular weight excluding hydrogens is 164 g/mol. The van der Waals surface area contributed by atoms with Crippen LogP contribution in [0.15, 0.2) is 10.8 Å². The lowest BCUT2D eigenvalue weighted by Gasteiger charge is -1.91. The van der Waals surface area contributed by atoms with Gasteiger partial charge in [-0.25, -0.2) is 0 Å². The average Bonchev–Trinajstić information content (AvgIpc) is 2.47. The summed E-state index contributed by atoms with van der Waals surface area (Å²) in [5, 5.41) is 14.1. The maximum absolute atomic E-state index is 10.7. The first-order chi connectivity index (χ1) is 5.81. The number of ether oxygens (including phenoxy) is 1. The lowest BCUT2D eigenvalue weighted by Crippen LogP contribution is -2.22. The Bertz CT molecular complexity index is 412. The summed E-state index contributed by atoms with van der Waals surface area (Å²) in [5.74, 6) is 0.